The average Bonchev–Trinajstić information content (AvgIpc) is 3.70. The molecule has 0 unspecified atom stereocenters. The van der Waals surface area contributed by atoms with Gasteiger partial charge >= 0.3 is 10.5 Å². The minimum atomic E-state index is -0.930. The summed E-state index contributed by atoms with van der Waals surface area (Å²) < 4.78 is 66.0. The molecule has 4 saturated heterocycles. The van der Waals surface area contributed by atoms with E-state index >= 15 is 0 Å². The van der Waals surface area contributed by atoms with Gasteiger partial charge in [-0.05, 0) is 80.8 Å². The number of hydrogen-bond donors (Lipinski definition) is 0. The first-order chi connectivity index (χ1) is 30.7. The minimum absolute atomic E-state index is 0.0371. The third-order valence-electron chi connectivity index (χ3n) is 11.2. The molecule has 4 aromatic rings. The van der Waals surface area contributed by atoms with Gasteiger partial charge in [-0.2, -0.15) is 0 Å². The van der Waals surface area contributed by atoms with Gasteiger partial charge in [0.2, 0.25) is 0 Å². The van der Waals surface area contributed by atoms with Crippen LogP contribution in [0, 0.1) is 0 Å². The summed E-state index contributed by atoms with van der Waals surface area (Å²) in [6.07, 6.45) is -6.01. The first kappa shape index (κ1) is 46.7. The van der Waals surface area contributed by atoms with Crippen molar-refractivity contribution in [3.63, 3.8) is 0 Å². The molecule has 4 aliphatic heterocycles. The van der Waals surface area contributed by atoms with Gasteiger partial charge in [-0.25, -0.2) is 4.79 Å². The predicted molar refractivity (Wildman–Crippen MR) is 249 cm³/mol. The van der Waals surface area contributed by atoms with Crippen molar-refractivity contribution in [1.29, 1.82) is 0 Å². The second-order valence-corrected chi connectivity index (χ2v) is 20.2. The van der Waals surface area contributed by atoms with E-state index in [2.05, 4.69) is 0 Å². The highest BCUT2D eigenvalue weighted by Gasteiger charge is 2.57. The number of carbonyl (C=O) groups excluding carboxylic acids is 1. The van der Waals surface area contributed by atoms with Crippen molar-refractivity contribution >= 4 is 69.8 Å². The Morgan fingerprint density at radius 1 is 0.587 bits per heavy atom. The summed E-state index contributed by atoms with van der Waals surface area (Å²) in [7, 11) is 1.69. The highest BCUT2D eigenvalue weighted by atomic mass is 32.2. The molecule has 0 amide bonds. The molecule has 0 aliphatic carbocycles. The third kappa shape index (κ3) is 11.4. The number of carbonyl (C=O) groups is 1. The van der Waals surface area contributed by atoms with Gasteiger partial charge < -0.3 is 47.4 Å². The van der Waals surface area contributed by atoms with E-state index in [-0.39, 0.29) is 5.24 Å². The Hall–Kier alpha value is -2.84. The molecule has 0 aromatic heterocycles. The van der Waals surface area contributed by atoms with Crippen molar-refractivity contribution in [2.45, 2.75) is 132 Å². The van der Waals surface area contributed by atoms with Gasteiger partial charge in [0.15, 0.2) is 24.8 Å². The minimum Gasteiger partial charge on any atom is -0.450 e. The maximum absolute atomic E-state index is 13.5. The van der Waals surface area contributed by atoms with Crippen LogP contribution in [0.15, 0.2) is 136 Å². The molecule has 336 valence electrons. The van der Waals surface area contributed by atoms with Gasteiger partial charge in [0.1, 0.15) is 41.2 Å². The summed E-state index contributed by atoms with van der Waals surface area (Å²) >= 11 is 11.1. The zero-order valence-corrected chi connectivity index (χ0v) is 39.5. The van der Waals surface area contributed by atoms with E-state index in [0.29, 0.717) is 6.61 Å². The fraction of sp³-hybridized carbons (Fsp3) is 0.447. The van der Waals surface area contributed by atoms with Crippen LogP contribution < -0.4 is 0 Å². The van der Waals surface area contributed by atoms with E-state index in [1.54, 1.807) is 36.9 Å². The van der Waals surface area contributed by atoms with Gasteiger partial charge in [-0.1, -0.05) is 96.7 Å². The lowest BCUT2D eigenvalue weighted by atomic mass is 9.98. The Morgan fingerprint density at radius 3 is 1.62 bits per heavy atom. The summed E-state index contributed by atoms with van der Waals surface area (Å²) in [4.78, 5) is 16.4. The van der Waals surface area contributed by atoms with Crippen LogP contribution in [0.25, 0.3) is 0 Å². The van der Waals surface area contributed by atoms with Crippen LogP contribution in [0.1, 0.15) is 26.3 Å². The van der Waals surface area contributed by atoms with Crippen molar-refractivity contribution < 1.29 is 52.2 Å². The first-order valence-electron chi connectivity index (χ1n) is 20.9. The second-order valence-electron chi connectivity index (χ2n) is 15.5. The molecule has 4 heterocycles. The standard InChI is InChI=1S/C47H52O11S5/c1-27-34(50-26-30-18-10-6-11-19-30)38(49-4)41(61-31-20-12-7-13-21-31)43(51-27)55-36-28(2)52-44(42(39(36)56-46(48)60-5)62-32-22-14-8-15-23-32)54-35-29(3)53-45(40-37(35)57-47(59)58-40)63-33-24-16-9-17-25-33/h6-25,27-29,34-45H,26H2,1-5H3/t27-,28-,29-,34-,35-,36-,37+,38+,39+,40+,41-,42-,43+,44+,45-/m1/s1. The van der Waals surface area contributed by atoms with Crippen LogP contribution in [0.3, 0.4) is 0 Å². The molecule has 63 heavy (non-hydrogen) atoms. The highest BCUT2D eigenvalue weighted by molar-refractivity contribution is 8.12. The lowest BCUT2D eigenvalue weighted by molar-refractivity contribution is -0.323. The van der Waals surface area contributed by atoms with Crippen LogP contribution in [0.4, 0.5) is 4.79 Å². The zero-order valence-electron chi connectivity index (χ0n) is 35.4. The number of benzene rings is 4. The van der Waals surface area contributed by atoms with E-state index in [0.717, 1.165) is 32.0 Å². The molecular weight excluding hydrogens is 901 g/mol. The predicted octanol–water partition coefficient (Wildman–Crippen LogP) is 9.64. The topological polar surface area (TPSA) is 109 Å². The first-order valence-corrected chi connectivity index (χ1v) is 25.2. The number of thiocarbonyl (C=S) groups is 1. The summed E-state index contributed by atoms with van der Waals surface area (Å²) in [5, 5.41) is -1.47. The van der Waals surface area contributed by atoms with E-state index in [1.807, 2.05) is 142 Å². The van der Waals surface area contributed by atoms with Crippen LogP contribution in [-0.4, -0.2) is 113 Å². The Morgan fingerprint density at radius 2 is 1.06 bits per heavy atom. The maximum Gasteiger partial charge on any atom is 0.367 e. The lowest BCUT2D eigenvalue weighted by Crippen LogP contribution is -2.64. The van der Waals surface area contributed by atoms with E-state index in [4.69, 9.17) is 59.6 Å². The Balaban J connectivity index is 1.09. The van der Waals surface area contributed by atoms with Gasteiger partial charge in [0, 0.05) is 34.0 Å². The molecule has 0 N–H and O–H groups in total. The molecule has 0 bridgehead atoms. The zero-order chi connectivity index (χ0) is 43.9. The van der Waals surface area contributed by atoms with Crippen molar-refractivity contribution in [2.75, 3.05) is 13.4 Å². The van der Waals surface area contributed by atoms with Crippen LogP contribution in [-0.2, 0) is 54.0 Å². The Labute approximate surface area is 391 Å². The van der Waals surface area contributed by atoms with Crippen molar-refractivity contribution in [2.24, 2.45) is 0 Å². The highest BCUT2D eigenvalue weighted by Crippen LogP contribution is 2.45. The van der Waals surface area contributed by atoms with Crippen molar-refractivity contribution in [1.82, 2.24) is 0 Å². The molecule has 0 saturated carbocycles. The average molecular weight is 953 g/mol. The van der Waals surface area contributed by atoms with Crippen molar-refractivity contribution in [3.8, 4) is 0 Å². The number of methoxy groups -OCH3 is 1. The monoisotopic (exact) mass is 952 g/mol. The maximum atomic E-state index is 13.5. The molecular formula is C47H52O11S5. The largest absolute Gasteiger partial charge is 0.450 e. The molecule has 4 fully saturated rings. The molecule has 16 heteroatoms. The summed E-state index contributed by atoms with van der Waals surface area (Å²) in [6.45, 7) is 6.20. The number of hydrogen-bond acceptors (Lipinski definition) is 16. The van der Waals surface area contributed by atoms with Crippen molar-refractivity contribution in [3.05, 3.63) is 127 Å². The number of thioether (sulfide) groups is 4. The number of rotatable bonds is 15. The van der Waals surface area contributed by atoms with E-state index in [9.17, 15) is 4.79 Å². The van der Waals surface area contributed by atoms with Gasteiger partial charge in [0.25, 0.3) is 0 Å². The van der Waals surface area contributed by atoms with E-state index < -0.39 is 94.9 Å². The molecule has 15 atom stereocenters. The fourth-order valence-corrected chi connectivity index (χ4v) is 12.3. The smallest absolute Gasteiger partial charge is 0.367 e. The Bertz CT molecular complexity index is 2060. The fourth-order valence-electron chi connectivity index (χ4n) is 8.18. The number of fused-ring (bicyclic) bond motifs is 1. The summed E-state index contributed by atoms with van der Waals surface area (Å²) in [6, 6.07) is 40.0. The van der Waals surface area contributed by atoms with Crippen LogP contribution in [0.5, 0.6) is 0 Å². The van der Waals surface area contributed by atoms with Gasteiger partial charge in [-0.15, -0.1) is 23.5 Å². The quantitative estimate of drug-likeness (QED) is 0.0833. The van der Waals surface area contributed by atoms with Crippen LogP contribution >= 0.6 is 59.3 Å². The van der Waals surface area contributed by atoms with Gasteiger partial charge in [-0.3, -0.25) is 0 Å². The molecule has 0 radical (unpaired) electrons. The Kier molecular flexibility index (Phi) is 16.4. The molecule has 0 spiro atoms. The summed E-state index contributed by atoms with van der Waals surface area (Å²) in [5.41, 5.74) is 0.626. The number of ether oxygens (including phenoxy) is 10. The van der Waals surface area contributed by atoms with Crippen LogP contribution in [0.2, 0.25) is 0 Å². The lowest BCUT2D eigenvalue weighted by Gasteiger charge is -2.50. The summed E-state index contributed by atoms with van der Waals surface area (Å²) in [5.74, 6) is 0. The second kappa shape index (κ2) is 22.1. The SMILES string of the molecule is CO[C@H]1[C@H](OCc2ccccc2)[C@@H](C)O[C@@H](O[C@H]2[C@H](OC(=O)SC)[C@@H](Sc3ccccc3)[C@H](O[C@H]3[C@@H]4OC(=S)O[C@@H]4[C@@H](Sc4ccccc4)O[C@@H]3C)O[C@@H]2C)[C@@H]1Sc1ccccc1. The molecule has 4 aliphatic rings. The molecule has 11 nitrogen and oxygen atoms in total. The molecule has 4 aromatic carbocycles. The molecule has 8 rings (SSSR count). The third-order valence-corrected chi connectivity index (χ3v) is 15.6. The van der Waals surface area contributed by atoms with E-state index in [1.165, 1.54) is 11.8 Å². The normalized spacial score (nSPS) is 34.0. The van der Waals surface area contributed by atoms with Gasteiger partial charge in [0.05, 0.1) is 30.2 Å².